The van der Waals surface area contributed by atoms with Crippen LogP contribution in [-0.4, -0.2) is 27.1 Å². The molecule has 1 amide bonds. The summed E-state index contributed by atoms with van der Waals surface area (Å²) in [5, 5.41) is 0. The Kier molecular flexibility index (Phi) is 2.75. The lowest BCUT2D eigenvalue weighted by Crippen LogP contribution is -2.48. The van der Waals surface area contributed by atoms with Gasteiger partial charge in [-0.25, -0.2) is 4.79 Å². The van der Waals surface area contributed by atoms with Crippen molar-refractivity contribution < 1.29 is 9.53 Å². The molecule has 1 aliphatic heterocycles. The monoisotopic (exact) mass is 326 g/mol. The zero-order valence-corrected chi connectivity index (χ0v) is 13.1. The number of rotatable bonds is 0. The summed E-state index contributed by atoms with van der Waals surface area (Å²) in [5.74, 6) is 0. The van der Waals surface area contributed by atoms with Gasteiger partial charge in [0.15, 0.2) is 0 Å². The largest absolute Gasteiger partial charge is 0.444 e. The van der Waals surface area contributed by atoms with Gasteiger partial charge in [-0.1, -0.05) is 0 Å². The maximum absolute atomic E-state index is 12.4. The molecule has 104 valence electrons. The molecule has 1 aromatic rings. The Hall–Kier alpha value is -0.970. The second kappa shape index (κ2) is 4.01. The first kappa shape index (κ1) is 13.0. The molecule has 19 heavy (non-hydrogen) atoms. The van der Waals surface area contributed by atoms with Gasteiger partial charge in [-0.05, 0) is 61.5 Å². The molecule has 1 saturated carbocycles. The van der Waals surface area contributed by atoms with Gasteiger partial charge in [-0.15, -0.1) is 0 Å². The number of aromatic nitrogens is 1. The van der Waals surface area contributed by atoms with Crippen LogP contribution in [0.5, 0.6) is 0 Å². The van der Waals surface area contributed by atoms with Gasteiger partial charge in [0.05, 0.1) is 12.1 Å². The predicted molar refractivity (Wildman–Crippen MR) is 75.9 cm³/mol. The lowest BCUT2D eigenvalue weighted by molar-refractivity contribution is 0.00797. The average Bonchev–Trinajstić information content (AvgIpc) is 2.95. The minimum atomic E-state index is -0.441. The van der Waals surface area contributed by atoms with Gasteiger partial charge in [0.1, 0.15) is 5.60 Å². The summed E-state index contributed by atoms with van der Waals surface area (Å²) < 4.78 is 6.66. The quantitative estimate of drug-likeness (QED) is 0.791. The molecule has 0 atom stereocenters. The van der Waals surface area contributed by atoms with Crippen molar-refractivity contribution in [1.82, 2.24) is 9.88 Å². The highest BCUT2D eigenvalue weighted by Crippen LogP contribution is 2.50. The fourth-order valence-electron chi connectivity index (χ4n) is 2.72. The fraction of sp³-hybridized carbons (Fsp3) is 0.643. The molecule has 1 fully saturated rings. The predicted octanol–water partition coefficient (Wildman–Crippen LogP) is 3.60. The summed E-state index contributed by atoms with van der Waals surface area (Å²) in [5.41, 5.74) is 2.00. The third-order valence-electron chi connectivity index (χ3n) is 3.86. The van der Waals surface area contributed by atoms with Crippen LogP contribution >= 0.6 is 15.9 Å². The first-order chi connectivity index (χ1) is 8.81. The fourth-order valence-corrected chi connectivity index (χ4v) is 3.21. The van der Waals surface area contributed by atoms with E-state index >= 15 is 0 Å². The maximum Gasteiger partial charge on any atom is 0.411 e. The van der Waals surface area contributed by atoms with E-state index in [2.05, 4.69) is 20.9 Å². The van der Waals surface area contributed by atoms with Crippen LogP contribution in [0.25, 0.3) is 0 Å². The van der Waals surface area contributed by atoms with Gasteiger partial charge in [0.25, 0.3) is 0 Å². The first-order valence-electron chi connectivity index (χ1n) is 6.66. The van der Waals surface area contributed by atoms with Crippen molar-refractivity contribution in [3.8, 4) is 0 Å². The number of hydrogen-bond acceptors (Lipinski definition) is 2. The van der Waals surface area contributed by atoms with E-state index in [4.69, 9.17) is 4.74 Å². The van der Waals surface area contributed by atoms with Crippen LogP contribution in [0.3, 0.4) is 0 Å². The highest BCUT2D eigenvalue weighted by molar-refractivity contribution is 9.10. The minimum absolute atomic E-state index is 0.0000463. The van der Waals surface area contributed by atoms with Crippen molar-refractivity contribution in [2.75, 3.05) is 0 Å². The maximum atomic E-state index is 12.4. The zero-order valence-electron chi connectivity index (χ0n) is 11.5. The number of carbonyl (C=O) groups excluding carboxylic acids is 1. The van der Waals surface area contributed by atoms with Crippen molar-refractivity contribution >= 4 is 22.0 Å². The number of amides is 1. The SMILES string of the molecule is CC(C)(C)OC(=O)N1Cc2[nH]cc(Br)c2CC12CC2. The topological polar surface area (TPSA) is 45.3 Å². The molecule has 0 radical (unpaired) electrons. The van der Waals surface area contributed by atoms with E-state index in [9.17, 15) is 4.79 Å². The molecule has 1 N–H and O–H groups in total. The molecular formula is C14H19BrN2O2. The van der Waals surface area contributed by atoms with Gasteiger partial charge >= 0.3 is 6.09 Å². The first-order valence-corrected chi connectivity index (χ1v) is 7.45. The number of halogens is 1. The molecule has 1 aliphatic carbocycles. The van der Waals surface area contributed by atoms with Crippen LogP contribution in [0.1, 0.15) is 44.9 Å². The van der Waals surface area contributed by atoms with Gasteiger partial charge in [-0.3, -0.25) is 4.90 Å². The number of carbonyl (C=O) groups is 1. The van der Waals surface area contributed by atoms with E-state index in [0.717, 1.165) is 29.4 Å². The normalized spacial score (nSPS) is 20.3. The Balaban J connectivity index is 1.85. The van der Waals surface area contributed by atoms with Crippen LogP contribution in [0, 0.1) is 0 Å². The Morgan fingerprint density at radius 1 is 1.47 bits per heavy atom. The van der Waals surface area contributed by atoms with Crippen LogP contribution in [0.15, 0.2) is 10.7 Å². The third-order valence-corrected chi connectivity index (χ3v) is 4.57. The van der Waals surface area contributed by atoms with Crippen LogP contribution < -0.4 is 0 Å². The van der Waals surface area contributed by atoms with E-state index in [-0.39, 0.29) is 11.6 Å². The molecule has 0 saturated heterocycles. The molecular weight excluding hydrogens is 308 g/mol. The van der Waals surface area contributed by atoms with Crippen molar-refractivity contribution in [3.63, 3.8) is 0 Å². The lowest BCUT2D eigenvalue weighted by atomic mass is 9.98. The van der Waals surface area contributed by atoms with E-state index in [1.54, 1.807) is 0 Å². The highest BCUT2D eigenvalue weighted by Gasteiger charge is 2.54. The number of hydrogen-bond donors (Lipinski definition) is 1. The second-order valence-corrected chi connectivity index (χ2v) is 7.42. The Morgan fingerprint density at radius 3 is 2.74 bits per heavy atom. The molecule has 4 nitrogen and oxygen atoms in total. The van der Waals surface area contributed by atoms with Crippen molar-refractivity contribution in [2.45, 2.75) is 57.7 Å². The van der Waals surface area contributed by atoms with Crippen molar-refractivity contribution in [3.05, 3.63) is 21.9 Å². The summed E-state index contributed by atoms with van der Waals surface area (Å²) >= 11 is 3.57. The Morgan fingerprint density at radius 2 is 2.16 bits per heavy atom. The van der Waals surface area contributed by atoms with Crippen molar-refractivity contribution in [1.29, 1.82) is 0 Å². The van der Waals surface area contributed by atoms with E-state index in [1.165, 1.54) is 5.56 Å². The summed E-state index contributed by atoms with van der Waals surface area (Å²) in [4.78, 5) is 17.5. The Labute approximate surface area is 121 Å². The molecule has 5 heteroatoms. The number of H-pyrrole nitrogens is 1. The summed E-state index contributed by atoms with van der Waals surface area (Å²) in [7, 11) is 0. The van der Waals surface area contributed by atoms with E-state index < -0.39 is 5.60 Å². The third kappa shape index (κ3) is 2.29. The molecule has 0 unspecified atom stereocenters. The van der Waals surface area contributed by atoms with Gasteiger partial charge in [0, 0.05) is 16.4 Å². The summed E-state index contributed by atoms with van der Waals surface area (Å²) in [6.07, 6.45) is 4.83. The van der Waals surface area contributed by atoms with Gasteiger partial charge < -0.3 is 9.72 Å². The zero-order chi connectivity index (χ0) is 13.8. The highest BCUT2D eigenvalue weighted by atomic mass is 79.9. The molecule has 2 aliphatic rings. The lowest BCUT2D eigenvalue weighted by Gasteiger charge is -2.37. The summed E-state index contributed by atoms with van der Waals surface area (Å²) in [6.45, 7) is 6.34. The van der Waals surface area contributed by atoms with Gasteiger partial charge in [0.2, 0.25) is 0 Å². The van der Waals surface area contributed by atoms with E-state index in [1.807, 2.05) is 31.9 Å². The Bertz CT molecular complexity index is 526. The second-order valence-electron chi connectivity index (χ2n) is 6.56. The minimum Gasteiger partial charge on any atom is -0.444 e. The molecule has 3 rings (SSSR count). The molecule has 0 aromatic carbocycles. The molecule has 0 bridgehead atoms. The number of nitrogens with one attached hydrogen (secondary N) is 1. The smallest absolute Gasteiger partial charge is 0.411 e. The molecule has 1 aromatic heterocycles. The number of ether oxygens (including phenoxy) is 1. The van der Waals surface area contributed by atoms with Crippen LogP contribution in [0.4, 0.5) is 4.79 Å². The van der Waals surface area contributed by atoms with Gasteiger partial charge in [-0.2, -0.15) is 0 Å². The molecule has 2 heterocycles. The van der Waals surface area contributed by atoms with Crippen molar-refractivity contribution in [2.24, 2.45) is 0 Å². The van der Waals surface area contributed by atoms with Crippen LogP contribution in [0.2, 0.25) is 0 Å². The standard InChI is InChI=1S/C14H19BrN2O2/c1-13(2,3)19-12(18)17-8-11-9(10(15)7-16-11)6-14(17)4-5-14/h7,16H,4-6,8H2,1-3H3. The molecule has 1 spiro atoms. The van der Waals surface area contributed by atoms with E-state index in [0.29, 0.717) is 6.54 Å². The number of nitrogens with zero attached hydrogens (tertiary/aromatic N) is 1. The average molecular weight is 327 g/mol. The number of fused-ring (bicyclic) bond motifs is 1. The summed E-state index contributed by atoms with van der Waals surface area (Å²) in [6, 6.07) is 0. The van der Waals surface area contributed by atoms with Crippen LogP contribution in [-0.2, 0) is 17.7 Å². The number of aromatic amines is 1.